The van der Waals surface area contributed by atoms with Gasteiger partial charge in [0.25, 0.3) is 5.91 Å². The molecule has 0 radical (unpaired) electrons. The highest BCUT2D eigenvalue weighted by Crippen LogP contribution is 2.65. The SMILES string of the molecule is O=C(Nc1cccc(Cl)c1)c1ccc(N2C(=O)[C@@H]3[C@H]4C=C[C@@H]([C@@H]5C[C@H]45)[C@H]3C2=O)cc1. The zero-order valence-electron chi connectivity index (χ0n) is 16.0. The van der Waals surface area contributed by atoms with E-state index >= 15 is 0 Å². The maximum atomic E-state index is 13.2. The Labute approximate surface area is 178 Å². The van der Waals surface area contributed by atoms with Crippen molar-refractivity contribution in [2.75, 3.05) is 10.2 Å². The van der Waals surface area contributed by atoms with E-state index in [4.69, 9.17) is 11.6 Å². The molecule has 2 bridgehead atoms. The molecule has 1 aliphatic heterocycles. The number of amides is 3. The van der Waals surface area contributed by atoms with E-state index in [9.17, 15) is 14.4 Å². The minimum atomic E-state index is -0.279. The summed E-state index contributed by atoms with van der Waals surface area (Å²) < 4.78 is 0. The molecule has 30 heavy (non-hydrogen) atoms. The number of anilines is 2. The standard InChI is InChI=1S/C24H19ClN2O3/c25-13-2-1-3-14(10-13)26-22(28)12-4-6-15(7-5-12)27-23(29)20-16-8-9-17(19-11-18(16)19)21(20)24(27)30/h1-10,16-21H,11H2,(H,26,28)/t16-,17-,18-,19+,20+,21+/m0/s1. The minimum absolute atomic E-state index is 0.0918. The van der Waals surface area contributed by atoms with Crippen LogP contribution in [0.5, 0.6) is 0 Å². The molecule has 0 aromatic heterocycles. The van der Waals surface area contributed by atoms with Gasteiger partial charge in [0.2, 0.25) is 11.8 Å². The first-order valence-electron chi connectivity index (χ1n) is 10.3. The molecule has 3 amide bonds. The molecule has 150 valence electrons. The molecule has 0 spiro atoms. The van der Waals surface area contributed by atoms with Gasteiger partial charge in [0.15, 0.2) is 0 Å². The Balaban J connectivity index is 1.23. The van der Waals surface area contributed by atoms with Crippen LogP contribution in [0.15, 0.2) is 60.7 Å². The van der Waals surface area contributed by atoms with Crippen molar-refractivity contribution in [3.63, 3.8) is 0 Å². The molecule has 0 unspecified atom stereocenters. The number of rotatable bonds is 3. The molecular formula is C24H19ClN2O3. The van der Waals surface area contributed by atoms with Gasteiger partial charge in [-0.1, -0.05) is 29.8 Å². The summed E-state index contributed by atoms with van der Waals surface area (Å²) in [6, 6.07) is 13.6. The fraction of sp³-hybridized carbons (Fsp3) is 0.292. The Kier molecular flexibility index (Phi) is 3.75. The molecule has 1 N–H and O–H groups in total. The van der Waals surface area contributed by atoms with E-state index in [1.54, 1.807) is 48.5 Å². The predicted molar refractivity (Wildman–Crippen MR) is 113 cm³/mol. The summed E-state index contributed by atoms with van der Waals surface area (Å²) in [5.41, 5.74) is 1.58. The van der Waals surface area contributed by atoms with Crippen LogP contribution in [0.4, 0.5) is 11.4 Å². The minimum Gasteiger partial charge on any atom is -0.322 e. The third kappa shape index (κ3) is 2.51. The second kappa shape index (κ2) is 6.29. The number of hydrogen-bond acceptors (Lipinski definition) is 3. The number of halogens is 1. The Morgan fingerprint density at radius 2 is 1.57 bits per heavy atom. The van der Waals surface area contributed by atoms with Crippen molar-refractivity contribution < 1.29 is 14.4 Å². The second-order valence-corrected chi connectivity index (χ2v) is 9.11. The number of carbonyl (C=O) groups is 3. The molecule has 2 saturated carbocycles. The Hall–Kier alpha value is -2.92. The summed E-state index contributed by atoms with van der Waals surface area (Å²) in [6.45, 7) is 0. The van der Waals surface area contributed by atoms with E-state index < -0.39 is 0 Å². The summed E-state index contributed by atoms with van der Waals surface area (Å²) in [5, 5.41) is 3.34. The number of nitrogens with one attached hydrogen (secondary N) is 1. The van der Waals surface area contributed by atoms with Crippen LogP contribution in [0.3, 0.4) is 0 Å². The summed E-state index contributed by atoms with van der Waals surface area (Å²) in [4.78, 5) is 40.2. The Morgan fingerprint density at radius 3 is 2.17 bits per heavy atom. The molecule has 6 atom stereocenters. The molecule has 2 aromatic carbocycles. The summed E-state index contributed by atoms with van der Waals surface area (Å²) >= 11 is 5.96. The molecule has 5 aliphatic rings. The average Bonchev–Trinajstić information content (AvgIpc) is 3.52. The van der Waals surface area contributed by atoms with Gasteiger partial charge in [-0.3, -0.25) is 19.3 Å². The van der Waals surface area contributed by atoms with E-state index in [0.29, 0.717) is 33.8 Å². The van der Waals surface area contributed by atoms with Gasteiger partial charge in [-0.05, 0) is 72.6 Å². The molecule has 5 nitrogen and oxygen atoms in total. The number of imide groups is 1. The summed E-state index contributed by atoms with van der Waals surface area (Å²) in [6.07, 6.45) is 5.47. The third-order valence-corrected chi connectivity index (χ3v) is 7.37. The first-order valence-corrected chi connectivity index (χ1v) is 10.6. The summed E-state index contributed by atoms with van der Waals surface area (Å²) in [7, 11) is 0. The van der Waals surface area contributed by atoms with Crippen molar-refractivity contribution in [3.05, 3.63) is 71.3 Å². The highest BCUT2D eigenvalue weighted by atomic mass is 35.5. The van der Waals surface area contributed by atoms with Gasteiger partial charge in [0, 0.05) is 16.3 Å². The number of carbonyl (C=O) groups excluding carboxylic acids is 3. The first-order chi connectivity index (χ1) is 14.5. The van der Waals surface area contributed by atoms with Crippen LogP contribution < -0.4 is 10.2 Å². The third-order valence-electron chi connectivity index (χ3n) is 7.13. The van der Waals surface area contributed by atoms with Gasteiger partial charge in [0.05, 0.1) is 17.5 Å². The molecule has 4 aliphatic carbocycles. The second-order valence-electron chi connectivity index (χ2n) is 8.68. The molecule has 2 aromatic rings. The fourth-order valence-electron chi connectivity index (χ4n) is 5.74. The van der Waals surface area contributed by atoms with E-state index in [2.05, 4.69) is 17.5 Å². The normalized spacial score (nSPS) is 32.8. The molecule has 1 saturated heterocycles. The van der Waals surface area contributed by atoms with Gasteiger partial charge in [-0.2, -0.15) is 0 Å². The first kappa shape index (κ1) is 17.9. The van der Waals surface area contributed by atoms with Crippen LogP contribution in [0.1, 0.15) is 16.8 Å². The van der Waals surface area contributed by atoms with Crippen molar-refractivity contribution in [1.29, 1.82) is 0 Å². The number of nitrogens with zero attached hydrogens (tertiary/aromatic N) is 1. The average molecular weight is 419 g/mol. The quantitative estimate of drug-likeness (QED) is 0.601. The van der Waals surface area contributed by atoms with Gasteiger partial charge >= 0.3 is 0 Å². The maximum absolute atomic E-state index is 13.2. The van der Waals surface area contributed by atoms with Gasteiger partial charge < -0.3 is 5.32 Å². The number of benzene rings is 2. The van der Waals surface area contributed by atoms with Crippen LogP contribution in [-0.4, -0.2) is 17.7 Å². The fourth-order valence-corrected chi connectivity index (χ4v) is 5.93. The van der Waals surface area contributed by atoms with E-state index in [1.165, 1.54) is 4.90 Å². The number of allylic oxidation sites excluding steroid dienone is 2. The lowest BCUT2D eigenvalue weighted by Gasteiger charge is -2.37. The summed E-state index contributed by atoms with van der Waals surface area (Å²) in [5.74, 6) is 0.661. The van der Waals surface area contributed by atoms with Crippen molar-refractivity contribution >= 4 is 40.7 Å². The zero-order chi connectivity index (χ0) is 20.6. The lowest BCUT2D eigenvalue weighted by Crippen LogP contribution is -2.40. The molecule has 6 heteroatoms. The largest absolute Gasteiger partial charge is 0.322 e. The van der Waals surface area contributed by atoms with Crippen molar-refractivity contribution in [2.24, 2.45) is 35.5 Å². The topological polar surface area (TPSA) is 66.5 Å². The van der Waals surface area contributed by atoms with Crippen molar-refractivity contribution in [2.45, 2.75) is 6.42 Å². The smallest absolute Gasteiger partial charge is 0.255 e. The number of hydrogen-bond donors (Lipinski definition) is 1. The van der Waals surface area contributed by atoms with Crippen LogP contribution >= 0.6 is 11.6 Å². The van der Waals surface area contributed by atoms with Crippen LogP contribution in [0.25, 0.3) is 0 Å². The lowest BCUT2D eigenvalue weighted by molar-refractivity contribution is -0.124. The molecule has 1 heterocycles. The van der Waals surface area contributed by atoms with Gasteiger partial charge in [-0.15, -0.1) is 0 Å². The molecular weight excluding hydrogens is 400 g/mol. The zero-order valence-corrected chi connectivity index (χ0v) is 16.8. The predicted octanol–water partition coefficient (Wildman–Crippen LogP) is 4.15. The Bertz CT molecular complexity index is 1090. The highest BCUT2D eigenvalue weighted by Gasteiger charge is 2.67. The maximum Gasteiger partial charge on any atom is 0.255 e. The Morgan fingerprint density at radius 1 is 0.933 bits per heavy atom. The lowest BCUT2D eigenvalue weighted by atomic mass is 9.63. The van der Waals surface area contributed by atoms with Crippen LogP contribution in [0.2, 0.25) is 5.02 Å². The highest BCUT2D eigenvalue weighted by molar-refractivity contribution is 6.31. The van der Waals surface area contributed by atoms with Crippen LogP contribution in [0, 0.1) is 35.5 Å². The van der Waals surface area contributed by atoms with Gasteiger partial charge in [0.1, 0.15) is 0 Å². The van der Waals surface area contributed by atoms with Crippen LogP contribution in [-0.2, 0) is 9.59 Å². The van der Waals surface area contributed by atoms with Gasteiger partial charge in [-0.25, -0.2) is 0 Å². The monoisotopic (exact) mass is 418 g/mol. The molecule has 7 rings (SSSR count). The van der Waals surface area contributed by atoms with E-state index in [0.717, 1.165) is 6.42 Å². The molecule has 3 fully saturated rings. The van der Waals surface area contributed by atoms with E-state index in [-0.39, 0.29) is 41.4 Å². The van der Waals surface area contributed by atoms with Crippen molar-refractivity contribution in [3.8, 4) is 0 Å². The van der Waals surface area contributed by atoms with Crippen molar-refractivity contribution in [1.82, 2.24) is 0 Å². The van der Waals surface area contributed by atoms with E-state index in [1.807, 2.05) is 0 Å².